The second kappa shape index (κ2) is 5.28. The molecule has 1 heterocycles. The topological polar surface area (TPSA) is 29.9 Å². The highest BCUT2D eigenvalue weighted by atomic mass is 79.9. The van der Waals surface area contributed by atoms with Crippen molar-refractivity contribution in [3.8, 4) is 11.4 Å². The first-order chi connectivity index (χ1) is 8.52. The molecule has 0 bridgehead atoms. The Labute approximate surface area is 120 Å². The van der Waals surface area contributed by atoms with E-state index in [2.05, 4.69) is 34.8 Å². The Hall–Kier alpha value is -1.07. The van der Waals surface area contributed by atoms with Crippen LogP contribution in [0.2, 0.25) is 0 Å². The van der Waals surface area contributed by atoms with Gasteiger partial charge in [-0.1, -0.05) is 29.8 Å². The molecule has 0 fully saturated rings. The van der Waals surface area contributed by atoms with E-state index in [4.69, 9.17) is 17.0 Å². The molecule has 0 aliphatic rings. The van der Waals surface area contributed by atoms with Crippen LogP contribution in [0.4, 0.5) is 0 Å². The molecule has 3 nitrogen and oxygen atoms in total. The highest BCUT2D eigenvalue weighted by Crippen LogP contribution is 2.27. The number of nitrogens with one attached hydrogen (secondary N) is 1. The molecule has 0 atom stereocenters. The minimum atomic E-state index is 0.392. The molecular formula is C13H15BrN2OS. The molecule has 96 valence electrons. The smallest absolute Gasteiger partial charge is 0.182 e. The van der Waals surface area contributed by atoms with Crippen molar-refractivity contribution in [2.75, 3.05) is 7.11 Å². The SMILES string of the molecule is COc1cc(Br)cc(-n2c(C(C)C)c[nH]c2=S)c1. The van der Waals surface area contributed by atoms with E-state index in [0.717, 1.165) is 21.6 Å². The number of halogens is 1. The van der Waals surface area contributed by atoms with Gasteiger partial charge in [0.15, 0.2) is 4.77 Å². The standard InChI is InChI=1S/C13H15BrN2OS/c1-8(2)12-7-15-13(18)16(12)10-4-9(14)5-11(6-10)17-3/h4-8H,1-3H3,(H,15,18). The first-order valence-electron chi connectivity index (χ1n) is 5.68. The third kappa shape index (κ3) is 2.52. The lowest BCUT2D eigenvalue weighted by molar-refractivity contribution is 0.414. The van der Waals surface area contributed by atoms with Gasteiger partial charge in [-0.3, -0.25) is 4.57 Å². The zero-order chi connectivity index (χ0) is 13.3. The van der Waals surface area contributed by atoms with Crippen LogP contribution in [0.25, 0.3) is 5.69 Å². The Morgan fingerprint density at radius 2 is 2.06 bits per heavy atom. The first kappa shape index (κ1) is 13.4. The predicted octanol–water partition coefficient (Wildman–Crippen LogP) is 4.43. The molecule has 0 aliphatic carbocycles. The van der Waals surface area contributed by atoms with Crippen LogP contribution in [0.3, 0.4) is 0 Å². The quantitative estimate of drug-likeness (QED) is 0.845. The number of imidazole rings is 1. The molecule has 1 aromatic heterocycles. The summed E-state index contributed by atoms with van der Waals surface area (Å²) < 4.78 is 8.98. The summed E-state index contributed by atoms with van der Waals surface area (Å²) in [4.78, 5) is 3.10. The Morgan fingerprint density at radius 3 is 2.67 bits per heavy atom. The molecule has 1 N–H and O–H groups in total. The van der Waals surface area contributed by atoms with Gasteiger partial charge in [0.1, 0.15) is 5.75 Å². The molecule has 0 aliphatic heterocycles. The van der Waals surface area contributed by atoms with Crippen molar-refractivity contribution >= 4 is 28.1 Å². The highest BCUT2D eigenvalue weighted by Gasteiger charge is 2.11. The molecule has 2 rings (SSSR count). The van der Waals surface area contributed by atoms with E-state index in [0.29, 0.717) is 10.7 Å². The van der Waals surface area contributed by atoms with Crippen LogP contribution in [0.5, 0.6) is 5.75 Å². The lowest BCUT2D eigenvalue weighted by Gasteiger charge is -2.12. The monoisotopic (exact) mass is 326 g/mol. The largest absolute Gasteiger partial charge is 0.497 e. The van der Waals surface area contributed by atoms with Gasteiger partial charge >= 0.3 is 0 Å². The van der Waals surface area contributed by atoms with E-state index in [-0.39, 0.29) is 0 Å². The molecule has 0 spiro atoms. The van der Waals surface area contributed by atoms with Crippen molar-refractivity contribution < 1.29 is 4.74 Å². The van der Waals surface area contributed by atoms with Crippen molar-refractivity contribution in [1.29, 1.82) is 0 Å². The van der Waals surface area contributed by atoms with E-state index in [1.54, 1.807) is 7.11 Å². The molecule has 1 aromatic carbocycles. The van der Waals surface area contributed by atoms with Crippen LogP contribution >= 0.6 is 28.1 Å². The van der Waals surface area contributed by atoms with E-state index < -0.39 is 0 Å². The number of H-pyrrole nitrogens is 1. The fourth-order valence-electron chi connectivity index (χ4n) is 1.87. The summed E-state index contributed by atoms with van der Waals surface area (Å²) in [5.41, 5.74) is 2.15. The Balaban J connectivity index is 2.65. The Bertz CT molecular complexity index is 616. The first-order valence-corrected chi connectivity index (χ1v) is 6.88. The molecule has 0 saturated heterocycles. The van der Waals surface area contributed by atoms with E-state index in [1.165, 1.54) is 0 Å². The molecule has 0 amide bonds. The van der Waals surface area contributed by atoms with Gasteiger partial charge in [0, 0.05) is 22.4 Å². The number of methoxy groups -OCH3 is 1. The number of nitrogens with zero attached hydrogens (tertiary/aromatic N) is 1. The summed E-state index contributed by atoms with van der Waals surface area (Å²) in [7, 11) is 1.66. The molecule has 0 unspecified atom stereocenters. The molecular weight excluding hydrogens is 312 g/mol. The second-order valence-corrected chi connectivity index (χ2v) is 5.66. The Kier molecular flexibility index (Phi) is 3.92. The zero-order valence-corrected chi connectivity index (χ0v) is 12.9. The van der Waals surface area contributed by atoms with Crippen LogP contribution in [0.1, 0.15) is 25.5 Å². The van der Waals surface area contributed by atoms with Gasteiger partial charge < -0.3 is 9.72 Å². The van der Waals surface area contributed by atoms with Crippen molar-refractivity contribution in [1.82, 2.24) is 9.55 Å². The fourth-order valence-corrected chi connectivity index (χ4v) is 2.60. The van der Waals surface area contributed by atoms with Gasteiger partial charge in [-0.15, -0.1) is 0 Å². The minimum absolute atomic E-state index is 0.392. The number of aromatic amines is 1. The van der Waals surface area contributed by atoms with Gasteiger partial charge in [0.05, 0.1) is 12.8 Å². The van der Waals surface area contributed by atoms with E-state index in [9.17, 15) is 0 Å². The zero-order valence-electron chi connectivity index (χ0n) is 10.5. The number of hydrogen-bond donors (Lipinski definition) is 1. The normalized spacial score (nSPS) is 10.9. The molecule has 5 heteroatoms. The lowest BCUT2D eigenvalue weighted by atomic mass is 10.1. The minimum Gasteiger partial charge on any atom is -0.497 e. The third-order valence-corrected chi connectivity index (χ3v) is 3.50. The van der Waals surface area contributed by atoms with Crippen LogP contribution in [-0.2, 0) is 0 Å². The fraction of sp³-hybridized carbons (Fsp3) is 0.308. The maximum Gasteiger partial charge on any atom is 0.182 e. The van der Waals surface area contributed by atoms with Crippen LogP contribution in [0.15, 0.2) is 28.9 Å². The second-order valence-electron chi connectivity index (χ2n) is 4.36. The van der Waals surface area contributed by atoms with E-state index in [1.807, 2.05) is 29.0 Å². The van der Waals surface area contributed by atoms with Crippen molar-refractivity contribution in [3.63, 3.8) is 0 Å². The average molecular weight is 327 g/mol. The highest BCUT2D eigenvalue weighted by molar-refractivity contribution is 9.10. The van der Waals surface area contributed by atoms with Crippen LogP contribution in [0, 0.1) is 4.77 Å². The maximum absolute atomic E-state index is 5.35. The van der Waals surface area contributed by atoms with Crippen molar-refractivity contribution in [3.05, 3.63) is 39.3 Å². The summed E-state index contributed by atoms with van der Waals surface area (Å²) in [6.45, 7) is 4.29. The summed E-state index contributed by atoms with van der Waals surface area (Å²) in [5, 5.41) is 0. The Morgan fingerprint density at radius 1 is 1.33 bits per heavy atom. The average Bonchev–Trinajstić information content (AvgIpc) is 2.70. The number of benzene rings is 1. The molecule has 0 radical (unpaired) electrons. The van der Waals surface area contributed by atoms with Gasteiger partial charge in [-0.25, -0.2) is 0 Å². The summed E-state index contributed by atoms with van der Waals surface area (Å²) in [5.74, 6) is 1.19. The lowest BCUT2D eigenvalue weighted by Crippen LogP contribution is -2.02. The van der Waals surface area contributed by atoms with E-state index >= 15 is 0 Å². The summed E-state index contributed by atoms with van der Waals surface area (Å²) in [6.07, 6.45) is 1.96. The number of rotatable bonds is 3. The molecule has 2 aromatic rings. The maximum atomic E-state index is 5.35. The van der Waals surface area contributed by atoms with Crippen LogP contribution < -0.4 is 4.74 Å². The summed E-state index contributed by atoms with van der Waals surface area (Å²) in [6, 6.07) is 5.92. The predicted molar refractivity (Wildman–Crippen MR) is 79.3 cm³/mol. The van der Waals surface area contributed by atoms with Gasteiger partial charge in [-0.05, 0) is 30.3 Å². The summed E-state index contributed by atoms with van der Waals surface area (Å²) >= 11 is 8.84. The molecule has 18 heavy (non-hydrogen) atoms. The van der Waals surface area contributed by atoms with Crippen molar-refractivity contribution in [2.45, 2.75) is 19.8 Å². The van der Waals surface area contributed by atoms with Gasteiger partial charge in [0.2, 0.25) is 0 Å². The number of ether oxygens (including phenoxy) is 1. The third-order valence-electron chi connectivity index (χ3n) is 2.75. The van der Waals surface area contributed by atoms with Crippen LogP contribution in [-0.4, -0.2) is 16.7 Å². The van der Waals surface area contributed by atoms with Crippen molar-refractivity contribution in [2.24, 2.45) is 0 Å². The number of aromatic nitrogens is 2. The van der Waals surface area contributed by atoms with Gasteiger partial charge in [0.25, 0.3) is 0 Å². The molecule has 0 saturated carbocycles. The van der Waals surface area contributed by atoms with Gasteiger partial charge in [-0.2, -0.15) is 0 Å². The number of hydrogen-bond acceptors (Lipinski definition) is 2.